The van der Waals surface area contributed by atoms with Gasteiger partial charge in [0.05, 0.1) is 19.9 Å². The highest BCUT2D eigenvalue weighted by molar-refractivity contribution is 5.98. The van der Waals surface area contributed by atoms with Gasteiger partial charge in [-0.2, -0.15) is 5.10 Å². The second-order valence-corrected chi connectivity index (χ2v) is 4.62. The number of ether oxygens (including phenoxy) is 1. The molecule has 7 nitrogen and oxygen atoms in total. The number of rotatable bonds is 6. The molecule has 0 bridgehead atoms. The predicted octanol–water partition coefficient (Wildman–Crippen LogP) is 1.56. The lowest BCUT2D eigenvalue weighted by Gasteiger charge is -2.05. The van der Waals surface area contributed by atoms with E-state index in [1.807, 2.05) is 0 Å². The van der Waals surface area contributed by atoms with Gasteiger partial charge in [0.15, 0.2) is 0 Å². The number of methoxy groups -OCH3 is 1. The van der Waals surface area contributed by atoms with Crippen LogP contribution in [0.2, 0.25) is 0 Å². The number of hydrazone groups is 1. The van der Waals surface area contributed by atoms with Gasteiger partial charge in [0.1, 0.15) is 17.2 Å². The average molecular weight is 315 g/mol. The second-order valence-electron chi connectivity index (χ2n) is 4.62. The molecular weight excluding hydrogens is 298 g/mol. The zero-order chi connectivity index (χ0) is 16.7. The van der Waals surface area contributed by atoms with E-state index in [1.54, 1.807) is 50.4 Å². The van der Waals surface area contributed by atoms with Gasteiger partial charge >= 0.3 is 0 Å². The van der Waals surface area contributed by atoms with Crippen molar-refractivity contribution < 1.29 is 18.7 Å². The van der Waals surface area contributed by atoms with Crippen LogP contribution in [0.5, 0.6) is 5.75 Å². The molecule has 2 aromatic rings. The number of nitrogens with zero attached hydrogens (tertiary/aromatic N) is 1. The Kier molecular flexibility index (Phi) is 5.51. The Bertz CT molecular complexity index is 691. The minimum Gasteiger partial charge on any atom is -0.497 e. The number of carbonyl (C=O) groups is 2. The first-order chi connectivity index (χ1) is 11.1. The topological polar surface area (TPSA) is 92.9 Å². The molecule has 0 aliphatic heterocycles. The molecule has 2 N–H and O–H groups in total. The van der Waals surface area contributed by atoms with Gasteiger partial charge in [0.2, 0.25) is 0 Å². The average Bonchev–Trinajstić information content (AvgIpc) is 3.12. The smallest absolute Gasteiger partial charge is 0.259 e. The lowest BCUT2D eigenvalue weighted by atomic mass is 10.2. The van der Waals surface area contributed by atoms with Crippen LogP contribution in [0.1, 0.15) is 23.0 Å². The number of amides is 2. The molecule has 0 fully saturated rings. The lowest BCUT2D eigenvalue weighted by molar-refractivity contribution is -0.120. The molecule has 1 aromatic carbocycles. The van der Waals surface area contributed by atoms with E-state index >= 15 is 0 Å². The molecule has 0 spiro atoms. The standard InChI is InChI=1S/C16H17N3O4/c1-11(14-4-3-9-23-14)18-19-15(20)10-17-16(21)12-5-7-13(22-2)8-6-12/h3-9H,10H2,1-2H3,(H,17,21)(H,19,20)/b18-11-. The molecule has 0 atom stereocenters. The number of benzene rings is 1. The van der Waals surface area contributed by atoms with E-state index in [4.69, 9.17) is 9.15 Å². The summed E-state index contributed by atoms with van der Waals surface area (Å²) in [5.74, 6) is 0.432. The van der Waals surface area contributed by atoms with E-state index in [0.717, 1.165) is 0 Å². The predicted molar refractivity (Wildman–Crippen MR) is 84.4 cm³/mol. The van der Waals surface area contributed by atoms with Gasteiger partial charge in [-0.05, 0) is 43.3 Å². The molecular formula is C16H17N3O4. The van der Waals surface area contributed by atoms with Gasteiger partial charge in [-0.25, -0.2) is 5.43 Å². The Morgan fingerprint density at radius 1 is 1.22 bits per heavy atom. The van der Waals surface area contributed by atoms with E-state index in [2.05, 4.69) is 15.8 Å². The van der Waals surface area contributed by atoms with Crippen molar-refractivity contribution in [1.29, 1.82) is 0 Å². The third-order valence-corrected chi connectivity index (χ3v) is 2.99. The van der Waals surface area contributed by atoms with Crippen LogP contribution < -0.4 is 15.5 Å². The van der Waals surface area contributed by atoms with Crippen LogP contribution in [0.4, 0.5) is 0 Å². The fraction of sp³-hybridized carbons (Fsp3) is 0.188. The maximum Gasteiger partial charge on any atom is 0.259 e. The van der Waals surface area contributed by atoms with Gasteiger partial charge in [0.25, 0.3) is 11.8 Å². The molecule has 2 rings (SSSR count). The molecule has 0 saturated carbocycles. The first kappa shape index (κ1) is 16.3. The Morgan fingerprint density at radius 3 is 2.57 bits per heavy atom. The summed E-state index contributed by atoms with van der Waals surface area (Å²) >= 11 is 0. The van der Waals surface area contributed by atoms with E-state index in [1.165, 1.54) is 6.26 Å². The molecule has 0 unspecified atom stereocenters. The normalized spacial score (nSPS) is 11.0. The molecule has 1 heterocycles. The number of hydrogen-bond donors (Lipinski definition) is 2. The van der Waals surface area contributed by atoms with E-state index < -0.39 is 5.91 Å². The summed E-state index contributed by atoms with van der Waals surface area (Å²) in [6.07, 6.45) is 1.52. The zero-order valence-electron chi connectivity index (χ0n) is 12.8. The molecule has 0 aliphatic carbocycles. The van der Waals surface area contributed by atoms with Gasteiger partial charge in [-0.1, -0.05) is 0 Å². The van der Waals surface area contributed by atoms with Crippen molar-refractivity contribution in [3.8, 4) is 5.75 Å². The zero-order valence-corrected chi connectivity index (χ0v) is 12.8. The molecule has 0 saturated heterocycles. The lowest BCUT2D eigenvalue weighted by Crippen LogP contribution is -2.35. The van der Waals surface area contributed by atoms with E-state index in [0.29, 0.717) is 22.8 Å². The third-order valence-electron chi connectivity index (χ3n) is 2.99. The fourth-order valence-electron chi connectivity index (χ4n) is 1.73. The van der Waals surface area contributed by atoms with Crippen molar-refractivity contribution in [3.63, 3.8) is 0 Å². The van der Waals surface area contributed by atoms with Crippen LogP contribution in [-0.2, 0) is 4.79 Å². The van der Waals surface area contributed by atoms with Crippen LogP contribution in [0.25, 0.3) is 0 Å². The van der Waals surface area contributed by atoms with Crippen LogP contribution in [0.3, 0.4) is 0 Å². The summed E-state index contributed by atoms with van der Waals surface area (Å²) in [7, 11) is 1.55. The van der Waals surface area contributed by atoms with E-state index in [-0.39, 0.29) is 12.5 Å². The minimum absolute atomic E-state index is 0.181. The quantitative estimate of drug-likeness (QED) is 0.625. The minimum atomic E-state index is -0.433. The van der Waals surface area contributed by atoms with Crippen molar-refractivity contribution >= 4 is 17.5 Å². The van der Waals surface area contributed by atoms with Crippen molar-refractivity contribution in [3.05, 3.63) is 54.0 Å². The summed E-state index contributed by atoms with van der Waals surface area (Å²) in [6, 6.07) is 10.0. The first-order valence-electron chi connectivity index (χ1n) is 6.89. The van der Waals surface area contributed by atoms with Crippen LogP contribution in [-0.4, -0.2) is 31.2 Å². The van der Waals surface area contributed by atoms with E-state index in [9.17, 15) is 9.59 Å². The highest BCUT2D eigenvalue weighted by Crippen LogP contribution is 2.10. The monoisotopic (exact) mass is 315 g/mol. The Hall–Kier alpha value is -3.09. The molecule has 120 valence electrons. The number of furan rings is 1. The Balaban J connectivity index is 1.81. The third kappa shape index (κ3) is 4.70. The number of carbonyl (C=O) groups excluding carboxylic acids is 2. The number of nitrogens with one attached hydrogen (secondary N) is 2. The SMILES string of the molecule is COc1ccc(C(=O)NCC(=O)N/N=C(/C)c2ccco2)cc1. The van der Waals surface area contributed by atoms with Crippen molar-refractivity contribution in [1.82, 2.24) is 10.7 Å². The molecule has 1 aromatic heterocycles. The van der Waals surface area contributed by atoms with Crippen LogP contribution >= 0.6 is 0 Å². The summed E-state index contributed by atoms with van der Waals surface area (Å²) in [4.78, 5) is 23.6. The van der Waals surface area contributed by atoms with Gasteiger partial charge < -0.3 is 14.5 Å². The maximum atomic E-state index is 11.9. The van der Waals surface area contributed by atoms with Crippen LogP contribution in [0.15, 0.2) is 52.2 Å². The largest absolute Gasteiger partial charge is 0.497 e. The Morgan fingerprint density at radius 2 is 1.96 bits per heavy atom. The maximum absolute atomic E-state index is 11.9. The molecule has 0 radical (unpaired) electrons. The van der Waals surface area contributed by atoms with Gasteiger partial charge in [0, 0.05) is 5.56 Å². The molecule has 7 heteroatoms. The summed E-state index contributed by atoms with van der Waals surface area (Å²) in [5.41, 5.74) is 3.32. The van der Waals surface area contributed by atoms with Crippen molar-refractivity contribution in [2.75, 3.05) is 13.7 Å². The highest BCUT2D eigenvalue weighted by atomic mass is 16.5. The van der Waals surface area contributed by atoms with Crippen molar-refractivity contribution in [2.45, 2.75) is 6.92 Å². The second kappa shape index (κ2) is 7.79. The Labute approximate surface area is 133 Å². The highest BCUT2D eigenvalue weighted by Gasteiger charge is 2.08. The molecule has 2 amide bonds. The van der Waals surface area contributed by atoms with Crippen molar-refractivity contribution in [2.24, 2.45) is 5.10 Å². The van der Waals surface area contributed by atoms with Gasteiger partial charge in [-0.3, -0.25) is 9.59 Å². The summed E-state index contributed by atoms with van der Waals surface area (Å²) in [5, 5.41) is 6.41. The molecule has 0 aliphatic rings. The fourth-order valence-corrected chi connectivity index (χ4v) is 1.73. The summed E-state index contributed by atoms with van der Waals surface area (Å²) < 4.78 is 10.2. The summed E-state index contributed by atoms with van der Waals surface area (Å²) in [6.45, 7) is 1.52. The number of hydrogen-bond acceptors (Lipinski definition) is 5. The molecule has 23 heavy (non-hydrogen) atoms. The van der Waals surface area contributed by atoms with Gasteiger partial charge in [-0.15, -0.1) is 0 Å². The first-order valence-corrected chi connectivity index (χ1v) is 6.89. The van der Waals surface area contributed by atoms with Crippen LogP contribution in [0, 0.1) is 0 Å².